The molecule has 0 unspecified atom stereocenters. The minimum absolute atomic E-state index is 0.173. The summed E-state index contributed by atoms with van der Waals surface area (Å²) in [5.74, 6) is -0.243. The third-order valence-electron chi connectivity index (χ3n) is 3.64. The second-order valence-corrected chi connectivity index (χ2v) is 5.50. The van der Waals surface area contributed by atoms with Gasteiger partial charge in [0.15, 0.2) is 11.7 Å². The molecule has 1 N–H and O–H groups in total. The standard InChI is InChI=1S/C19H16F2N2O2/c20-14-5-3-4-13(10-14)11-22-18(24)8-9-19-23-12-17(25-19)15-6-1-2-7-16(15)21/h1-7,10,12H,8-9,11H2,(H,22,24). The van der Waals surface area contributed by atoms with E-state index in [0.29, 0.717) is 29.2 Å². The Kier molecular flexibility index (Phi) is 5.18. The molecule has 0 aliphatic rings. The number of nitrogens with one attached hydrogen (secondary N) is 1. The number of amides is 1. The lowest BCUT2D eigenvalue weighted by molar-refractivity contribution is -0.121. The molecule has 4 nitrogen and oxygen atoms in total. The van der Waals surface area contributed by atoms with Gasteiger partial charge in [-0.05, 0) is 29.8 Å². The lowest BCUT2D eigenvalue weighted by Gasteiger charge is -2.04. The maximum atomic E-state index is 13.7. The molecule has 3 rings (SSSR count). The summed E-state index contributed by atoms with van der Waals surface area (Å²) in [5, 5.41) is 2.71. The summed E-state index contributed by atoms with van der Waals surface area (Å²) >= 11 is 0. The predicted octanol–water partition coefficient (Wildman–Crippen LogP) is 3.87. The van der Waals surface area contributed by atoms with Crippen LogP contribution in [-0.4, -0.2) is 10.9 Å². The number of halogens is 2. The molecule has 128 valence electrons. The van der Waals surface area contributed by atoms with Crippen LogP contribution in [0.15, 0.2) is 59.1 Å². The third kappa shape index (κ3) is 4.50. The second-order valence-electron chi connectivity index (χ2n) is 5.50. The first-order valence-corrected chi connectivity index (χ1v) is 7.82. The van der Waals surface area contributed by atoms with Crippen LogP contribution in [0.25, 0.3) is 11.3 Å². The SMILES string of the molecule is O=C(CCc1ncc(-c2ccccc2F)o1)NCc1cccc(F)c1. The molecule has 2 aromatic carbocycles. The van der Waals surface area contributed by atoms with Crippen LogP contribution in [-0.2, 0) is 17.8 Å². The van der Waals surface area contributed by atoms with E-state index in [1.165, 1.54) is 24.4 Å². The Hall–Kier alpha value is -3.02. The van der Waals surface area contributed by atoms with Gasteiger partial charge in [0.25, 0.3) is 0 Å². The van der Waals surface area contributed by atoms with Gasteiger partial charge in [-0.15, -0.1) is 0 Å². The molecule has 0 spiro atoms. The molecule has 0 atom stereocenters. The highest BCUT2D eigenvalue weighted by Gasteiger charge is 2.11. The number of hydrogen-bond acceptors (Lipinski definition) is 3. The Morgan fingerprint density at radius 3 is 2.76 bits per heavy atom. The number of nitrogens with zero attached hydrogens (tertiary/aromatic N) is 1. The average molecular weight is 342 g/mol. The van der Waals surface area contributed by atoms with Gasteiger partial charge in [0.05, 0.1) is 11.8 Å². The summed E-state index contributed by atoms with van der Waals surface area (Å²) < 4.78 is 32.3. The minimum atomic E-state index is -0.391. The van der Waals surface area contributed by atoms with Crippen molar-refractivity contribution in [1.29, 1.82) is 0 Å². The van der Waals surface area contributed by atoms with Crippen molar-refractivity contribution in [1.82, 2.24) is 10.3 Å². The van der Waals surface area contributed by atoms with Crippen LogP contribution in [0.2, 0.25) is 0 Å². The van der Waals surface area contributed by atoms with E-state index >= 15 is 0 Å². The lowest BCUT2D eigenvalue weighted by atomic mass is 10.2. The molecule has 0 radical (unpaired) electrons. The molecule has 0 aliphatic carbocycles. The largest absolute Gasteiger partial charge is 0.441 e. The molecule has 3 aromatic rings. The molecule has 1 aromatic heterocycles. The smallest absolute Gasteiger partial charge is 0.220 e. The number of rotatable bonds is 6. The van der Waals surface area contributed by atoms with Crippen molar-refractivity contribution in [3.05, 3.63) is 77.8 Å². The van der Waals surface area contributed by atoms with Gasteiger partial charge in [0, 0.05) is 19.4 Å². The summed E-state index contributed by atoms with van der Waals surface area (Å²) in [6.45, 7) is 0.253. The molecule has 0 aliphatic heterocycles. The summed E-state index contributed by atoms with van der Waals surface area (Å²) in [5.41, 5.74) is 1.02. The van der Waals surface area contributed by atoms with Gasteiger partial charge < -0.3 is 9.73 Å². The van der Waals surface area contributed by atoms with Crippen LogP contribution < -0.4 is 5.32 Å². The van der Waals surface area contributed by atoms with Crippen molar-refractivity contribution in [2.75, 3.05) is 0 Å². The third-order valence-corrected chi connectivity index (χ3v) is 3.64. The number of aryl methyl sites for hydroxylation is 1. The number of benzene rings is 2. The summed E-state index contributed by atoms with van der Waals surface area (Å²) in [6.07, 6.45) is 1.91. The number of aromatic nitrogens is 1. The number of hydrogen-bond donors (Lipinski definition) is 1. The number of oxazole rings is 1. The van der Waals surface area contributed by atoms with Gasteiger partial charge in [-0.25, -0.2) is 13.8 Å². The summed E-state index contributed by atoms with van der Waals surface area (Å²) in [7, 11) is 0. The predicted molar refractivity (Wildman–Crippen MR) is 88.5 cm³/mol. The highest BCUT2D eigenvalue weighted by molar-refractivity contribution is 5.76. The normalized spacial score (nSPS) is 10.6. The maximum absolute atomic E-state index is 13.7. The van der Waals surface area contributed by atoms with E-state index in [0.717, 1.165) is 0 Å². The Morgan fingerprint density at radius 2 is 1.96 bits per heavy atom. The Labute approximate surface area is 143 Å². The fraction of sp³-hybridized carbons (Fsp3) is 0.158. The minimum Gasteiger partial charge on any atom is -0.441 e. The summed E-state index contributed by atoms with van der Waals surface area (Å²) in [4.78, 5) is 15.9. The van der Waals surface area contributed by atoms with Gasteiger partial charge in [-0.2, -0.15) is 0 Å². The average Bonchev–Trinajstić information content (AvgIpc) is 3.07. The van der Waals surface area contributed by atoms with Crippen molar-refractivity contribution in [2.24, 2.45) is 0 Å². The van der Waals surface area contributed by atoms with Crippen molar-refractivity contribution in [2.45, 2.75) is 19.4 Å². The molecule has 25 heavy (non-hydrogen) atoms. The molecule has 0 saturated carbocycles. The van der Waals surface area contributed by atoms with E-state index in [9.17, 15) is 13.6 Å². The monoisotopic (exact) mass is 342 g/mol. The molecule has 0 fully saturated rings. The molecular formula is C19H16F2N2O2. The Morgan fingerprint density at radius 1 is 1.12 bits per heavy atom. The van der Waals surface area contributed by atoms with Gasteiger partial charge in [0.1, 0.15) is 11.6 Å². The van der Waals surface area contributed by atoms with Crippen molar-refractivity contribution in [3.8, 4) is 11.3 Å². The van der Waals surface area contributed by atoms with Gasteiger partial charge in [-0.1, -0.05) is 24.3 Å². The van der Waals surface area contributed by atoms with Gasteiger partial charge in [0.2, 0.25) is 5.91 Å². The molecule has 1 heterocycles. The maximum Gasteiger partial charge on any atom is 0.220 e. The first kappa shape index (κ1) is 16.8. The summed E-state index contributed by atoms with van der Waals surface area (Å²) in [6, 6.07) is 12.3. The Balaban J connectivity index is 1.52. The van der Waals surface area contributed by atoms with E-state index in [2.05, 4.69) is 10.3 Å². The molecule has 1 amide bonds. The zero-order valence-electron chi connectivity index (χ0n) is 13.3. The van der Waals surface area contributed by atoms with E-state index in [-0.39, 0.29) is 24.7 Å². The molecule has 0 saturated heterocycles. The van der Waals surface area contributed by atoms with E-state index < -0.39 is 5.82 Å². The first-order valence-electron chi connectivity index (χ1n) is 7.82. The zero-order valence-corrected chi connectivity index (χ0v) is 13.3. The fourth-order valence-electron chi connectivity index (χ4n) is 2.37. The number of carbonyl (C=O) groups excluding carboxylic acids is 1. The van der Waals surface area contributed by atoms with Crippen molar-refractivity contribution in [3.63, 3.8) is 0 Å². The van der Waals surface area contributed by atoms with Crippen LogP contribution in [0.1, 0.15) is 17.9 Å². The van der Waals surface area contributed by atoms with Crippen molar-refractivity contribution < 1.29 is 18.0 Å². The molecule has 6 heteroatoms. The van der Waals surface area contributed by atoms with Crippen LogP contribution in [0, 0.1) is 11.6 Å². The van der Waals surface area contributed by atoms with E-state index in [4.69, 9.17) is 4.42 Å². The second kappa shape index (κ2) is 7.70. The van der Waals surface area contributed by atoms with Crippen molar-refractivity contribution >= 4 is 5.91 Å². The van der Waals surface area contributed by atoms with Crippen LogP contribution in [0.3, 0.4) is 0 Å². The van der Waals surface area contributed by atoms with E-state index in [1.807, 2.05) is 0 Å². The Bertz CT molecular complexity index is 877. The highest BCUT2D eigenvalue weighted by Crippen LogP contribution is 2.23. The zero-order chi connectivity index (χ0) is 17.6. The number of carbonyl (C=O) groups is 1. The molecular weight excluding hydrogens is 326 g/mol. The van der Waals surface area contributed by atoms with Gasteiger partial charge in [-0.3, -0.25) is 4.79 Å². The fourth-order valence-corrected chi connectivity index (χ4v) is 2.37. The van der Waals surface area contributed by atoms with Gasteiger partial charge >= 0.3 is 0 Å². The first-order chi connectivity index (χ1) is 12.1. The topological polar surface area (TPSA) is 55.1 Å². The molecule has 0 bridgehead atoms. The highest BCUT2D eigenvalue weighted by atomic mass is 19.1. The van der Waals surface area contributed by atoms with Crippen LogP contribution in [0.4, 0.5) is 8.78 Å². The van der Waals surface area contributed by atoms with Crippen LogP contribution >= 0.6 is 0 Å². The lowest BCUT2D eigenvalue weighted by Crippen LogP contribution is -2.23. The van der Waals surface area contributed by atoms with E-state index in [1.54, 1.807) is 30.3 Å². The van der Waals surface area contributed by atoms with Crippen LogP contribution in [0.5, 0.6) is 0 Å². The quantitative estimate of drug-likeness (QED) is 0.740.